The van der Waals surface area contributed by atoms with Crippen molar-refractivity contribution < 1.29 is 18.9 Å². The first-order chi connectivity index (χ1) is 14.8. The van der Waals surface area contributed by atoms with Crippen LogP contribution in [0.4, 0.5) is 0 Å². The molecule has 2 heterocycles. The second-order valence-corrected chi connectivity index (χ2v) is 8.42. The second-order valence-electron chi connectivity index (χ2n) is 7.29. The number of ether oxygens (including phenoxy) is 4. The van der Waals surface area contributed by atoms with Crippen molar-refractivity contribution in [3.05, 3.63) is 53.6 Å². The molecular weight excluding hydrogens is 398 g/mol. The topological polar surface area (TPSA) is 40.2 Å². The fraction of sp³-hybridized carbons (Fsp3) is 0.417. The molecule has 1 fully saturated rings. The van der Waals surface area contributed by atoms with E-state index in [0.717, 1.165) is 74.4 Å². The lowest BCUT2D eigenvalue weighted by molar-refractivity contribution is 0.0322. The standard InChI is InChI=1S/C24H29NO4S/c1-26-21-7-5-19(6-8-21)3-2-4-20-17-24-23(29-15-16-30-24)18-22(20)28-14-11-25-9-12-27-13-10-25/h2-3,5-8,17-18H,4,9-16H2,1H3/b3-2+. The monoisotopic (exact) mass is 427 g/mol. The van der Waals surface area contributed by atoms with Crippen molar-refractivity contribution in [1.82, 2.24) is 4.90 Å². The summed E-state index contributed by atoms with van der Waals surface area (Å²) in [6, 6.07) is 12.4. The van der Waals surface area contributed by atoms with Crippen LogP contribution in [0, 0.1) is 0 Å². The highest BCUT2D eigenvalue weighted by atomic mass is 32.2. The minimum atomic E-state index is 0.668. The zero-order chi connectivity index (χ0) is 20.6. The summed E-state index contributed by atoms with van der Waals surface area (Å²) in [5, 5.41) is 0. The summed E-state index contributed by atoms with van der Waals surface area (Å²) in [5.74, 6) is 3.72. The van der Waals surface area contributed by atoms with Crippen molar-refractivity contribution in [2.24, 2.45) is 0 Å². The van der Waals surface area contributed by atoms with Crippen LogP contribution in [0.2, 0.25) is 0 Å². The molecular formula is C24H29NO4S. The molecule has 0 aliphatic carbocycles. The molecule has 0 unspecified atom stereocenters. The third-order valence-corrected chi connectivity index (χ3v) is 6.26. The summed E-state index contributed by atoms with van der Waals surface area (Å²) in [5.41, 5.74) is 2.35. The van der Waals surface area contributed by atoms with E-state index in [1.165, 1.54) is 10.5 Å². The molecule has 1 saturated heterocycles. The van der Waals surface area contributed by atoms with Gasteiger partial charge in [-0.15, -0.1) is 11.8 Å². The molecule has 160 valence electrons. The van der Waals surface area contributed by atoms with Gasteiger partial charge in [0.15, 0.2) is 0 Å². The molecule has 5 nitrogen and oxygen atoms in total. The first kappa shape index (κ1) is 21.1. The number of morpholine rings is 1. The Morgan fingerprint density at radius 3 is 2.73 bits per heavy atom. The van der Waals surface area contributed by atoms with Crippen LogP contribution in [-0.4, -0.2) is 63.8 Å². The predicted octanol–water partition coefficient (Wildman–Crippen LogP) is 4.15. The number of methoxy groups -OCH3 is 1. The summed E-state index contributed by atoms with van der Waals surface area (Å²) in [7, 11) is 1.68. The molecule has 2 aliphatic rings. The number of fused-ring (bicyclic) bond motifs is 1. The van der Waals surface area contributed by atoms with E-state index >= 15 is 0 Å². The Balaban J connectivity index is 1.43. The van der Waals surface area contributed by atoms with E-state index in [4.69, 9.17) is 18.9 Å². The normalized spacial score (nSPS) is 16.8. The Kier molecular flexibility index (Phi) is 7.56. The maximum Gasteiger partial charge on any atom is 0.136 e. The highest BCUT2D eigenvalue weighted by Crippen LogP contribution is 2.38. The quantitative estimate of drug-likeness (QED) is 0.630. The maximum atomic E-state index is 6.22. The number of allylic oxidation sites excluding steroid dienone is 1. The Bertz CT molecular complexity index is 847. The lowest BCUT2D eigenvalue weighted by Crippen LogP contribution is -2.38. The lowest BCUT2D eigenvalue weighted by Gasteiger charge is -2.26. The van der Waals surface area contributed by atoms with Crippen LogP contribution in [0.25, 0.3) is 6.08 Å². The van der Waals surface area contributed by atoms with Crippen molar-refractivity contribution in [2.75, 3.05) is 58.9 Å². The SMILES string of the molecule is COc1ccc(/C=C/Cc2cc3c(cc2OCCN2CCOCC2)OCCS3)cc1. The summed E-state index contributed by atoms with van der Waals surface area (Å²) < 4.78 is 22.7. The van der Waals surface area contributed by atoms with Crippen LogP contribution in [-0.2, 0) is 11.2 Å². The third kappa shape index (κ3) is 5.72. The zero-order valence-electron chi connectivity index (χ0n) is 17.5. The Morgan fingerprint density at radius 1 is 1.10 bits per heavy atom. The minimum Gasteiger partial charge on any atom is -0.497 e. The fourth-order valence-corrected chi connectivity index (χ4v) is 4.42. The number of thioether (sulfide) groups is 1. The summed E-state index contributed by atoms with van der Waals surface area (Å²) in [6.45, 7) is 5.91. The third-order valence-electron chi connectivity index (χ3n) is 5.26. The molecule has 4 rings (SSSR count). The average molecular weight is 428 g/mol. The van der Waals surface area contributed by atoms with Gasteiger partial charge in [0.1, 0.15) is 23.9 Å². The lowest BCUT2D eigenvalue weighted by atomic mass is 10.1. The number of hydrogen-bond acceptors (Lipinski definition) is 6. The van der Waals surface area contributed by atoms with Gasteiger partial charge in [-0.1, -0.05) is 24.3 Å². The molecule has 0 radical (unpaired) electrons. The molecule has 30 heavy (non-hydrogen) atoms. The van der Waals surface area contributed by atoms with E-state index in [0.29, 0.717) is 6.61 Å². The van der Waals surface area contributed by atoms with Crippen LogP contribution >= 0.6 is 11.8 Å². The average Bonchev–Trinajstić information content (AvgIpc) is 2.80. The Morgan fingerprint density at radius 2 is 1.93 bits per heavy atom. The van der Waals surface area contributed by atoms with Crippen molar-refractivity contribution in [1.29, 1.82) is 0 Å². The van der Waals surface area contributed by atoms with Crippen LogP contribution in [0.15, 0.2) is 47.4 Å². The second kappa shape index (κ2) is 10.8. The van der Waals surface area contributed by atoms with E-state index in [-0.39, 0.29) is 0 Å². The van der Waals surface area contributed by atoms with Crippen molar-refractivity contribution in [2.45, 2.75) is 11.3 Å². The van der Waals surface area contributed by atoms with Gasteiger partial charge in [0.05, 0.1) is 31.8 Å². The van der Waals surface area contributed by atoms with Gasteiger partial charge >= 0.3 is 0 Å². The minimum absolute atomic E-state index is 0.668. The van der Waals surface area contributed by atoms with Gasteiger partial charge in [-0.2, -0.15) is 0 Å². The molecule has 0 aromatic heterocycles. The Hall–Kier alpha value is -2.15. The molecule has 0 amide bonds. The van der Waals surface area contributed by atoms with E-state index in [1.54, 1.807) is 7.11 Å². The molecule has 2 aliphatic heterocycles. The molecule has 6 heteroatoms. The number of hydrogen-bond donors (Lipinski definition) is 0. The fourth-order valence-electron chi connectivity index (χ4n) is 3.55. The highest BCUT2D eigenvalue weighted by Gasteiger charge is 2.16. The molecule has 0 atom stereocenters. The van der Waals surface area contributed by atoms with E-state index in [9.17, 15) is 0 Å². The number of rotatable bonds is 8. The van der Waals surface area contributed by atoms with E-state index < -0.39 is 0 Å². The maximum absolute atomic E-state index is 6.22. The zero-order valence-corrected chi connectivity index (χ0v) is 18.3. The summed E-state index contributed by atoms with van der Waals surface area (Å²) in [4.78, 5) is 3.59. The van der Waals surface area contributed by atoms with Gasteiger partial charge in [0.25, 0.3) is 0 Å². The summed E-state index contributed by atoms with van der Waals surface area (Å²) in [6.07, 6.45) is 5.14. The first-order valence-electron chi connectivity index (χ1n) is 10.5. The van der Waals surface area contributed by atoms with Crippen LogP contribution in [0.3, 0.4) is 0 Å². The number of nitrogens with zero attached hydrogens (tertiary/aromatic N) is 1. The molecule has 2 aromatic carbocycles. The largest absolute Gasteiger partial charge is 0.497 e. The predicted molar refractivity (Wildman–Crippen MR) is 121 cm³/mol. The van der Waals surface area contributed by atoms with Crippen LogP contribution < -0.4 is 14.2 Å². The smallest absolute Gasteiger partial charge is 0.136 e. The van der Waals surface area contributed by atoms with Gasteiger partial charge in [-0.3, -0.25) is 4.90 Å². The van der Waals surface area contributed by atoms with Crippen molar-refractivity contribution >= 4 is 17.8 Å². The molecule has 0 bridgehead atoms. The molecule has 2 aromatic rings. The van der Waals surface area contributed by atoms with E-state index in [1.807, 2.05) is 23.9 Å². The highest BCUT2D eigenvalue weighted by molar-refractivity contribution is 7.99. The van der Waals surface area contributed by atoms with Gasteiger partial charge in [0.2, 0.25) is 0 Å². The Labute approximate surface area is 183 Å². The molecule has 0 saturated carbocycles. The summed E-state index contributed by atoms with van der Waals surface area (Å²) >= 11 is 1.85. The van der Waals surface area contributed by atoms with E-state index in [2.05, 4.69) is 41.3 Å². The molecule has 0 N–H and O–H groups in total. The molecule has 0 spiro atoms. The first-order valence-corrected chi connectivity index (χ1v) is 11.5. The van der Waals surface area contributed by atoms with Crippen LogP contribution in [0.5, 0.6) is 17.2 Å². The van der Waals surface area contributed by atoms with Gasteiger partial charge in [0, 0.05) is 31.5 Å². The van der Waals surface area contributed by atoms with Crippen LogP contribution in [0.1, 0.15) is 11.1 Å². The van der Waals surface area contributed by atoms with Gasteiger partial charge in [-0.05, 0) is 35.7 Å². The van der Waals surface area contributed by atoms with Gasteiger partial charge < -0.3 is 18.9 Å². The number of benzene rings is 2. The van der Waals surface area contributed by atoms with Crippen molar-refractivity contribution in [3.8, 4) is 17.2 Å². The van der Waals surface area contributed by atoms with Gasteiger partial charge in [-0.25, -0.2) is 0 Å². The van der Waals surface area contributed by atoms with Crippen molar-refractivity contribution in [3.63, 3.8) is 0 Å².